The first-order valence-corrected chi connectivity index (χ1v) is 6.70. The summed E-state index contributed by atoms with van der Waals surface area (Å²) < 4.78 is 0.156. The van der Waals surface area contributed by atoms with Gasteiger partial charge in [0.2, 0.25) is 0 Å². The van der Waals surface area contributed by atoms with Gasteiger partial charge in [0.15, 0.2) is 0 Å². The minimum Gasteiger partial charge on any atom is -0.332 e. The van der Waals surface area contributed by atoms with Gasteiger partial charge in [-0.3, -0.25) is 5.10 Å². The summed E-state index contributed by atoms with van der Waals surface area (Å²) in [7, 11) is 0. The fourth-order valence-corrected chi connectivity index (χ4v) is 2.97. The number of nitrogens with one attached hydrogen (secondary N) is 2. The number of thioether (sulfide) groups is 1. The van der Waals surface area contributed by atoms with Gasteiger partial charge in [-0.15, -0.1) is 0 Å². The summed E-state index contributed by atoms with van der Waals surface area (Å²) in [4.78, 5) is 13.8. The molecule has 17 heavy (non-hydrogen) atoms. The Bertz CT molecular complexity index is 377. The second kappa shape index (κ2) is 5.00. The minimum absolute atomic E-state index is 0.00738. The summed E-state index contributed by atoms with van der Waals surface area (Å²) in [6.45, 7) is 6.47. The van der Waals surface area contributed by atoms with Crippen molar-refractivity contribution in [2.45, 2.75) is 25.1 Å². The van der Waals surface area contributed by atoms with Crippen molar-refractivity contribution in [2.75, 3.05) is 18.8 Å². The van der Waals surface area contributed by atoms with E-state index in [9.17, 15) is 4.79 Å². The van der Waals surface area contributed by atoms with E-state index in [1.807, 2.05) is 22.7 Å². The molecule has 0 atom stereocenters. The van der Waals surface area contributed by atoms with Crippen LogP contribution in [0.2, 0.25) is 0 Å². The molecule has 0 spiro atoms. The highest BCUT2D eigenvalue weighted by Crippen LogP contribution is 2.29. The number of H-pyrrole nitrogens is 1. The summed E-state index contributed by atoms with van der Waals surface area (Å²) in [5, 5.41) is 9.57. The molecule has 2 heterocycles. The number of nitrogens with zero attached hydrogens (tertiary/aromatic N) is 2. The van der Waals surface area contributed by atoms with Gasteiger partial charge in [-0.1, -0.05) is 0 Å². The first-order valence-electron chi connectivity index (χ1n) is 5.72. The van der Waals surface area contributed by atoms with Gasteiger partial charge in [-0.2, -0.15) is 16.9 Å². The van der Waals surface area contributed by atoms with E-state index in [-0.39, 0.29) is 10.8 Å². The van der Waals surface area contributed by atoms with E-state index < -0.39 is 0 Å². The van der Waals surface area contributed by atoms with Gasteiger partial charge in [0.1, 0.15) is 0 Å². The molecule has 1 aliphatic heterocycles. The highest BCUT2D eigenvalue weighted by molar-refractivity contribution is 8.00. The van der Waals surface area contributed by atoms with E-state index in [1.54, 1.807) is 6.20 Å². The lowest BCUT2D eigenvalue weighted by Gasteiger charge is -2.37. The average molecular weight is 254 g/mol. The zero-order valence-corrected chi connectivity index (χ0v) is 11.0. The van der Waals surface area contributed by atoms with Crippen LogP contribution in [0.5, 0.6) is 0 Å². The molecule has 5 nitrogen and oxygen atoms in total. The quantitative estimate of drug-likeness (QED) is 0.839. The molecule has 1 saturated heterocycles. The number of aromatic amines is 1. The molecule has 2 N–H and O–H groups in total. The zero-order valence-electron chi connectivity index (χ0n) is 10.2. The van der Waals surface area contributed by atoms with E-state index in [2.05, 4.69) is 29.4 Å². The smallest absolute Gasteiger partial charge is 0.317 e. The number of amides is 2. The Morgan fingerprint density at radius 2 is 2.53 bits per heavy atom. The highest BCUT2D eigenvalue weighted by atomic mass is 32.2. The topological polar surface area (TPSA) is 61.0 Å². The van der Waals surface area contributed by atoms with Gasteiger partial charge in [-0.05, 0) is 19.9 Å². The Morgan fingerprint density at radius 3 is 3.18 bits per heavy atom. The zero-order chi connectivity index (χ0) is 12.3. The van der Waals surface area contributed by atoms with Crippen LogP contribution in [-0.4, -0.2) is 44.7 Å². The second-order valence-electron chi connectivity index (χ2n) is 4.77. The maximum Gasteiger partial charge on any atom is 0.317 e. The number of carbonyl (C=O) groups is 1. The molecule has 2 amide bonds. The van der Waals surface area contributed by atoms with E-state index in [0.29, 0.717) is 6.54 Å². The minimum atomic E-state index is 0.00738. The molecule has 0 unspecified atom stereocenters. The lowest BCUT2D eigenvalue weighted by molar-refractivity contribution is 0.194. The Morgan fingerprint density at radius 1 is 1.71 bits per heavy atom. The van der Waals surface area contributed by atoms with Crippen molar-refractivity contribution in [1.82, 2.24) is 20.4 Å². The normalized spacial score (nSPS) is 19.1. The summed E-state index contributed by atoms with van der Waals surface area (Å²) in [5.74, 6) is 1.00. The van der Waals surface area contributed by atoms with Crippen LogP contribution in [0.3, 0.4) is 0 Å². The number of aromatic nitrogens is 2. The Kier molecular flexibility index (Phi) is 3.61. The van der Waals surface area contributed by atoms with Crippen molar-refractivity contribution in [1.29, 1.82) is 0 Å². The van der Waals surface area contributed by atoms with Crippen molar-refractivity contribution >= 4 is 17.8 Å². The fourth-order valence-electron chi connectivity index (χ4n) is 1.86. The molecule has 0 radical (unpaired) electrons. The van der Waals surface area contributed by atoms with Crippen LogP contribution in [0.1, 0.15) is 19.5 Å². The summed E-state index contributed by atoms with van der Waals surface area (Å²) in [6, 6.07) is 1.86. The number of rotatable bonds is 2. The van der Waals surface area contributed by atoms with Crippen LogP contribution < -0.4 is 5.32 Å². The fraction of sp³-hybridized carbons (Fsp3) is 0.636. The number of carbonyl (C=O) groups excluding carboxylic acids is 1. The van der Waals surface area contributed by atoms with E-state index in [4.69, 9.17) is 0 Å². The maximum atomic E-state index is 12.0. The van der Waals surface area contributed by atoms with Gasteiger partial charge in [0.05, 0.1) is 12.2 Å². The number of hydrogen-bond donors (Lipinski definition) is 2. The van der Waals surface area contributed by atoms with Crippen LogP contribution >= 0.6 is 11.8 Å². The molecule has 0 bridgehead atoms. The number of hydrogen-bond acceptors (Lipinski definition) is 3. The lowest BCUT2D eigenvalue weighted by Crippen LogP contribution is -2.49. The molecule has 6 heteroatoms. The molecular formula is C11H18N4OS. The van der Waals surface area contributed by atoms with Gasteiger partial charge >= 0.3 is 6.03 Å². The largest absolute Gasteiger partial charge is 0.332 e. The van der Waals surface area contributed by atoms with Crippen LogP contribution in [0.25, 0.3) is 0 Å². The standard InChI is InChI=1S/C11H18N4OS/c1-11(2)8-15(5-6-17-11)10(16)12-7-9-3-4-13-14-9/h3-4H,5-8H2,1-2H3,(H,12,16)(H,13,14). The van der Waals surface area contributed by atoms with Gasteiger partial charge < -0.3 is 10.2 Å². The van der Waals surface area contributed by atoms with E-state index in [0.717, 1.165) is 24.5 Å². The molecule has 1 aliphatic rings. The van der Waals surface area contributed by atoms with Crippen molar-refractivity contribution < 1.29 is 4.79 Å². The second-order valence-corrected chi connectivity index (χ2v) is 6.57. The molecule has 1 aromatic rings. The maximum absolute atomic E-state index is 12.0. The molecule has 0 saturated carbocycles. The van der Waals surface area contributed by atoms with Crippen molar-refractivity contribution in [3.8, 4) is 0 Å². The van der Waals surface area contributed by atoms with E-state index >= 15 is 0 Å². The monoisotopic (exact) mass is 254 g/mol. The molecule has 2 rings (SSSR count). The third-order valence-electron chi connectivity index (χ3n) is 2.70. The van der Waals surface area contributed by atoms with Crippen LogP contribution in [0.15, 0.2) is 12.3 Å². The summed E-state index contributed by atoms with van der Waals surface area (Å²) in [6.07, 6.45) is 1.68. The van der Waals surface area contributed by atoms with Crippen LogP contribution in [0, 0.1) is 0 Å². The molecule has 94 valence electrons. The first-order chi connectivity index (χ1) is 8.07. The highest BCUT2D eigenvalue weighted by Gasteiger charge is 2.29. The molecule has 0 aliphatic carbocycles. The van der Waals surface area contributed by atoms with Crippen LogP contribution in [-0.2, 0) is 6.54 Å². The molecule has 0 aromatic carbocycles. The predicted molar refractivity (Wildman–Crippen MR) is 68.9 cm³/mol. The first kappa shape index (κ1) is 12.3. The van der Waals surface area contributed by atoms with E-state index in [1.165, 1.54) is 0 Å². The van der Waals surface area contributed by atoms with Crippen molar-refractivity contribution in [3.05, 3.63) is 18.0 Å². The van der Waals surface area contributed by atoms with Crippen LogP contribution in [0.4, 0.5) is 4.79 Å². The third-order valence-corrected chi connectivity index (χ3v) is 4.00. The Labute approximate surface area is 105 Å². The third kappa shape index (κ3) is 3.39. The average Bonchev–Trinajstić information content (AvgIpc) is 2.77. The van der Waals surface area contributed by atoms with Gasteiger partial charge in [0, 0.05) is 29.8 Å². The molecule has 1 fully saturated rings. The molecular weight excluding hydrogens is 236 g/mol. The van der Waals surface area contributed by atoms with Crippen molar-refractivity contribution in [2.24, 2.45) is 0 Å². The van der Waals surface area contributed by atoms with Gasteiger partial charge in [0.25, 0.3) is 0 Å². The van der Waals surface area contributed by atoms with Crippen molar-refractivity contribution in [3.63, 3.8) is 0 Å². The number of urea groups is 1. The lowest BCUT2D eigenvalue weighted by atomic mass is 10.2. The Balaban J connectivity index is 1.83. The summed E-state index contributed by atoms with van der Waals surface area (Å²) >= 11 is 1.92. The molecule has 1 aromatic heterocycles. The SMILES string of the molecule is CC1(C)CN(C(=O)NCc2ccn[nH]2)CCS1. The predicted octanol–water partition coefficient (Wildman–Crippen LogP) is 1.45. The Hall–Kier alpha value is -1.17. The van der Waals surface area contributed by atoms with Gasteiger partial charge in [-0.25, -0.2) is 4.79 Å². The summed E-state index contributed by atoms with van der Waals surface area (Å²) in [5.41, 5.74) is 0.920.